The molecule has 0 fully saturated rings. The Labute approximate surface area is 248 Å². The Morgan fingerprint density at radius 3 is 2.23 bits per heavy atom. The highest BCUT2D eigenvalue weighted by molar-refractivity contribution is 7.92. The lowest BCUT2D eigenvalue weighted by atomic mass is 10.2. The molecule has 0 radical (unpaired) electrons. The zero-order valence-corrected chi connectivity index (χ0v) is 24.1. The molecule has 0 aliphatic rings. The minimum absolute atomic E-state index is 0.00628. The van der Waals surface area contributed by atoms with Gasteiger partial charge in [0, 0.05) is 18.2 Å². The number of ether oxygens (including phenoxy) is 3. The third-order valence-electron chi connectivity index (χ3n) is 6.11. The first-order valence-corrected chi connectivity index (χ1v) is 14.2. The third kappa shape index (κ3) is 7.86. The van der Waals surface area contributed by atoms with E-state index in [4.69, 9.17) is 14.2 Å². The van der Waals surface area contributed by atoms with Crippen molar-refractivity contribution >= 4 is 33.5 Å². The standard InChI is InChI=1S/C30H28N4O8S/c1-40-28-17-16-27(18-29(28)41-2)43(38,39)33(24-6-4-3-5-7-24)20-30(35)32-31-19-22-10-14-26(15-11-22)42-21-23-8-12-25(13-9-23)34(36)37/h3-19H,20-21H2,1-2H3,(H,32,35)/b31-19-. The predicted octanol–water partition coefficient (Wildman–Crippen LogP) is 4.54. The van der Waals surface area contributed by atoms with Crippen LogP contribution in [0.15, 0.2) is 107 Å². The Kier molecular flexibility index (Phi) is 9.91. The number of anilines is 1. The highest BCUT2D eigenvalue weighted by Crippen LogP contribution is 2.32. The van der Waals surface area contributed by atoms with Gasteiger partial charge in [-0.3, -0.25) is 19.2 Å². The number of methoxy groups -OCH3 is 2. The van der Waals surface area contributed by atoms with E-state index in [1.54, 1.807) is 66.7 Å². The average Bonchev–Trinajstić information content (AvgIpc) is 3.03. The SMILES string of the molecule is COc1ccc(S(=O)(=O)N(CC(=O)N/N=C\c2ccc(OCc3ccc([N+](=O)[O-])cc3)cc2)c2ccccc2)cc1OC. The zero-order valence-electron chi connectivity index (χ0n) is 23.2. The summed E-state index contributed by atoms with van der Waals surface area (Å²) >= 11 is 0. The van der Waals surface area contributed by atoms with Gasteiger partial charge in [0.2, 0.25) is 0 Å². The van der Waals surface area contributed by atoms with E-state index in [1.165, 1.54) is 50.8 Å². The molecule has 0 bridgehead atoms. The lowest BCUT2D eigenvalue weighted by Gasteiger charge is -2.24. The van der Waals surface area contributed by atoms with Crippen molar-refractivity contribution in [1.29, 1.82) is 0 Å². The maximum atomic E-state index is 13.6. The number of hydrogen-bond acceptors (Lipinski definition) is 9. The number of nitro benzene ring substituents is 1. The van der Waals surface area contributed by atoms with Gasteiger partial charge in [-0.2, -0.15) is 5.10 Å². The molecule has 0 aromatic heterocycles. The van der Waals surface area contributed by atoms with Crippen LogP contribution in [0, 0.1) is 10.1 Å². The maximum Gasteiger partial charge on any atom is 0.269 e. The summed E-state index contributed by atoms with van der Waals surface area (Å²) in [5, 5.41) is 14.7. The fourth-order valence-corrected chi connectivity index (χ4v) is 5.33. The summed E-state index contributed by atoms with van der Waals surface area (Å²) in [6.07, 6.45) is 1.41. The molecule has 0 aliphatic carbocycles. The summed E-state index contributed by atoms with van der Waals surface area (Å²) in [5.74, 6) is 0.503. The van der Waals surface area contributed by atoms with Crippen LogP contribution in [-0.2, 0) is 21.4 Å². The average molecular weight is 605 g/mol. The van der Waals surface area contributed by atoms with Crippen LogP contribution in [0.3, 0.4) is 0 Å². The number of sulfonamides is 1. The van der Waals surface area contributed by atoms with Crippen molar-refractivity contribution in [3.63, 3.8) is 0 Å². The molecule has 4 aromatic carbocycles. The molecule has 1 amide bonds. The van der Waals surface area contributed by atoms with Crippen LogP contribution in [-0.4, -0.2) is 46.2 Å². The van der Waals surface area contributed by atoms with Crippen molar-refractivity contribution < 1.29 is 32.3 Å². The number of rotatable bonds is 13. The van der Waals surface area contributed by atoms with Gasteiger partial charge in [-0.25, -0.2) is 13.8 Å². The molecule has 1 N–H and O–H groups in total. The Morgan fingerprint density at radius 2 is 1.60 bits per heavy atom. The fraction of sp³-hybridized carbons (Fsp3) is 0.133. The topological polar surface area (TPSA) is 150 Å². The quantitative estimate of drug-likeness (QED) is 0.133. The van der Waals surface area contributed by atoms with Crippen LogP contribution in [0.25, 0.3) is 0 Å². The molecule has 0 spiro atoms. The van der Waals surface area contributed by atoms with Crippen molar-refractivity contribution in [2.24, 2.45) is 5.10 Å². The Balaban J connectivity index is 1.40. The summed E-state index contributed by atoms with van der Waals surface area (Å²) in [4.78, 5) is 23.1. The fourth-order valence-electron chi connectivity index (χ4n) is 3.89. The van der Waals surface area contributed by atoms with Gasteiger partial charge in [0.15, 0.2) is 11.5 Å². The van der Waals surface area contributed by atoms with Crippen LogP contribution in [0.4, 0.5) is 11.4 Å². The molecule has 0 heterocycles. The molecule has 0 saturated heterocycles. The number of non-ortho nitro benzene ring substituents is 1. The highest BCUT2D eigenvalue weighted by Gasteiger charge is 2.28. The van der Waals surface area contributed by atoms with Gasteiger partial charge in [0.05, 0.1) is 35.9 Å². The predicted molar refractivity (Wildman–Crippen MR) is 160 cm³/mol. The van der Waals surface area contributed by atoms with Crippen LogP contribution in [0.1, 0.15) is 11.1 Å². The Hall–Kier alpha value is -5.43. The second-order valence-corrected chi connectivity index (χ2v) is 10.8. The van der Waals surface area contributed by atoms with Crippen LogP contribution in [0.2, 0.25) is 0 Å². The van der Waals surface area contributed by atoms with Crippen LogP contribution in [0.5, 0.6) is 17.2 Å². The Bertz CT molecular complexity index is 1690. The first kappa shape index (κ1) is 30.5. The largest absolute Gasteiger partial charge is 0.493 e. The number of benzene rings is 4. The smallest absolute Gasteiger partial charge is 0.269 e. The second kappa shape index (κ2) is 14.0. The minimum Gasteiger partial charge on any atom is -0.493 e. The molecule has 222 valence electrons. The molecule has 4 rings (SSSR count). The maximum absolute atomic E-state index is 13.6. The van der Waals surface area contributed by atoms with Gasteiger partial charge in [-0.05, 0) is 71.8 Å². The summed E-state index contributed by atoms with van der Waals surface area (Å²) in [6, 6.07) is 25.4. The first-order valence-electron chi connectivity index (χ1n) is 12.8. The van der Waals surface area contributed by atoms with E-state index in [-0.39, 0.29) is 22.9 Å². The van der Waals surface area contributed by atoms with E-state index in [0.29, 0.717) is 22.7 Å². The molecular weight excluding hydrogens is 576 g/mol. The molecule has 13 heteroatoms. The molecule has 0 saturated carbocycles. The van der Waals surface area contributed by atoms with E-state index >= 15 is 0 Å². The number of hydrazone groups is 1. The molecular formula is C30H28N4O8S. The summed E-state index contributed by atoms with van der Waals surface area (Å²) in [5.41, 5.74) is 4.10. The number of nitrogens with zero attached hydrogens (tertiary/aromatic N) is 3. The van der Waals surface area contributed by atoms with Crippen LogP contribution >= 0.6 is 0 Å². The van der Waals surface area contributed by atoms with E-state index in [2.05, 4.69) is 10.5 Å². The summed E-state index contributed by atoms with van der Waals surface area (Å²) in [7, 11) is -1.33. The van der Waals surface area contributed by atoms with Crippen molar-refractivity contribution in [3.8, 4) is 17.2 Å². The van der Waals surface area contributed by atoms with Crippen molar-refractivity contribution in [1.82, 2.24) is 5.43 Å². The number of hydrogen-bond donors (Lipinski definition) is 1. The molecule has 0 aliphatic heterocycles. The molecule has 0 unspecified atom stereocenters. The van der Waals surface area contributed by atoms with Gasteiger partial charge in [-0.1, -0.05) is 18.2 Å². The highest BCUT2D eigenvalue weighted by atomic mass is 32.2. The number of nitro groups is 1. The second-order valence-electron chi connectivity index (χ2n) is 8.94. The lowest BCUT2D eigenvalue weighted by molar-refractivity contribution is -0.384. The number of carbonyl (C=O) groups is 1. The summed E-state index contributed by atoms with van der Waals surface area (Å²) in [6.45, 7) is -0.306. The van der Waals surface area contributed by atoms with Crippen molar-refractivity contribution in [2.45, 2.75) is 11.5 Å². The van der Waals surface area contributed by atoms with Crippen LogP contribution < -0.4 is 23.9 Å². The first-order chi connectivity index (χ1) is 20.7. The number of carbonyl (C=O) groups excluding carboxylic acids is 1. The normalized spacial score (nSPS) is 11.1. The van der Waals surface area contributed by atoms with Gasteiger partial charge < -0.3 is 14.2 Å². The number of nitrogens with one attached hydrogen (secondary N) is 1. The molecule has 43 heavy (non-hydrogen) atoms. The van der Waals surface area contributed by atoms with E-state index in [0.717, 1.165) is 9.87 Å². The van der Waals surface area contributed by atoms with Crippen molar-refractivity contribution in [2.75, 3.05) is 25.1 Å². The van der Waals surface area contributed by atoms with Crippen molar-refractivity contribution in [3.05, 3.63) is 118 Å². The number of amides is 1. The van der Waals surface area contributed by atoms with E-state index in [9.17, 15) is 23.3 Å². The summed E-state index contributed by atoms with van der Waals surface area (Å²) < 4.78 is 44.4. The minimum atomic E-state index is -4.18. The van der Waals surface area contributed by atoms with E-state index in [1.807, 2.05) is 0 Å². The van der Waals surface area contributed by atoms with Gasteiger partial charge in [0.25, 0.3) is 21.6 Å². The van der Waals surface area contributed by atoms with Gasteiger partial charge >= 0.3 is 0 Å². The number of para-hydroxylation sites is 1. The molecule has 0 atom stereocenters. The lowest BCUT2D eigenvalue weighted by Crippen LogP contribution is -2.39. The van der Waals surface area contributed by atoms with E-state index < -0.39 is 27.4 Å². The zero-order chi connectivity index (χ0) is 30.8. The van der Waals surface area contributed by atoms with Gasteiger partial charge in [-0.15, -0.1) is 0 Å². The molecule has 12 nitrogen and oxygen atoms in total. The molecule has 4 aromatic rings. The third-order valence-corrected chi connectivity index (χ3v) is 7.88. The Morgan fingerprint density at radius 1 is 0.930 bits per heavy atom. The van der Waals surface area contributed by atoms with Gasteiger partial charge in [0.1, 0.15) is 18.9 Å². The monoisotopic (exact) mass is 604 g/mol.